The van der Waals surface area contributed by atoms with Crippen LogP contribution in [0, 0.1) is 5.92 Å². The quantitative estimate of drug-likeness (QED) is 0.543. The summed E-state index contributed by atoms with van der Waals surface area (Å²) in [6, 6.07) is 0. The largest absolute Gasteiger partial charge is 0.478 e. The van der Waals surface area contributed by atoms with Gasteiger partial charge in [-0.1, -0.05) is 51.0 Å². The lowest BCUT2D eigenvalue weighted by Crippen LogP contribution is -2.05. The van der Waals surface area contributed by atoms with Crippen molar-refractivity contribution in [3.8, 4) is 0 Å². The zero-order chi connectivity index (χ0) is 11.8. The minimum Gasteiger partial charge on any atom is -0.478 e. The molecule has 0 aromatic rings. The molecule has 0 spiro atoms. The van der Waals surface area contributed by atoms with E-state index in [4.69, 9.17) is 5.11 Å². The first-order valence-corrected chi connectivity index (χ1v) is 6.60. The lowest BCUT2D eigenvalue weighted by Gasteiger charge is -2.21. The van der Waals surface area contributed by atoms with Crippen molar-refractivity contribution < 1.29 is 9.90 Å². The fourth-order valence-corrected chi connectivity index (χ4v) is 2.46. The van der Waals surface area contributed by atoms with E-state index in [0.717, 1.165) is 18.8 Å². The van der Waals surface area contributed by atoms with Crippen molar-refractivity contribution in [3.63, 3.8) is 0 Å². The lowest BCUT2D eigenvalue weighted by molar-refractivity contribution is -0.132. The molecule has 1 saturated carbocycles. The molecule has 16 heavy (non-hydrogen) atoms. The molecular formula is C14H24O2. The third kappa shape index (κ3) is 5.34. The van der Waals surface area contributed by atoms with Crippen LogP contribution in [0.3, 0.4) is 0 Å². The van der Waals surface area contributed by atoms with Crippen LogP contribution in [0.15, 0.2) is 11.6 Å². The van der Waals surface area contributed by atoms with Crippen LogP contribution >= 0.6 is 0 Å². The second-order valence-corrected chi connectivity index (χ2v) is 4.98. The smallest absolute Gasteiger partial charge is 0.330 e. The molecule has 2 heteroatoms. The van der Waals surface area contributed by atoms with Crippen LogP contribution in [-0.4, -0.2) is 11.1 Å². The lowest BCUT2D eigenvalue weighted by atomic mass is 9.85. The van der Waals surface area contributed by atoms with Crippen molar-refractivity contribution in [2.45, 2.75) is 64.7 Å². The van der Waals surface area contributed by atoms with Crippen molar-refractivity contribution in [2.75, 3.05) is 0 Å². The Balaban J connectivity index is 2.03. The summed E-state index contributed by atoms with van der Waals surface area (Å²) in [6.07, 6.45) is 13.6. The van der Waals surface area contributed by atoms with Crippen molar-refractivity contribution >= 4 is 5.97 Å². The van der Waals surface area contributed by atoms with Crippen LogP contribution in [0.5, 0.6) is 0 Å². The Morgan fingerprint density at radius 2 is 1.94 bits per heavy atom. The van der Waals surface area contributed by atoms with E-state index >= 15 is 0 Å². The molecule has 0 aromatic carbocycles. The highest BCUT2D eigenvalue weighted by atomic mass is 16.4. The van der Waals surface area contributed by atoms with Crippen LogP contribution < -0.4 is 0 Å². The highest BCUT2D eigenvalue weighted by molar-refractivity contribution is 5.85. The summed E-state index contributed by atoms with van der Waals surface area (Å²) in [5, 5.41) is 8.67. The Labute approximate surface area is 98.7 Å². The number of hydrogen-bond acceptors (Lipinski definition) is 1. The van der Waals surface area contributed by atoms with Crippen LogP contribution in [-0.2, 0) is 4.79 Å². The van der Waals surface area contributed by atoms with Crippen LogP contribution in [0.2, 0.25) is 0 Å². The van der Waals surface area contributed by atoms with E-state index in [0.29, 0.717) is 5.57 Å². The third-order valence-electron chi connectivity index (χ3n) is 3.58. The molecule has 0 unspecified atom stereocenters. The fraction of sp³-hybridized carbons (Fsp3) is 0.786. The molecule has 92 valence electrons. The van der Waals surface area contributed by atoms with E-state index in [9.17, 15) is 4.79 Å². The van der Waals surface area contributed by atoms with Gasteiger partial charge < -0.3 is 5.11 Å². The molecule has 1 aliphatic rings. The predicted octanol–water partition coefficient (Wildman–Crippen LogP) is 4.16. The van der Waals surface area contributed by atoms with Gasteiger partial charge in [0.25, 0.3) is 0 Å². The van der Waals surface area contributed by atoms with E-state index in [1.54, 1.807) is 6.92 Å². The minimum atomic E-state index is -0.785. The fourth-order valence-electron chi connectivity index (χ4n) is 2.46. The van der Waals surface area contributed by atoms with Crippen LogP contribution in [0.25, 0.3) is 0 Å². The number of carboxylic acid groups (broad SMARTS) is 1. The molecule has 0 radical (unpaired) electrons. The first-order valence-electron chi connectivity index (χ1n) is 6.60. The van der Waals surface area contributed by atoms with Gasteiger partial charge in [0.2, 0.25) is 0 Å². The number of hydrogen-bond donors (Lipinski definition) is 1. The van der Waals surface area contributed by atoms with Gasteiger partial charge in [0.15, 0.2) is 0 Å². The summed E-state index contributed by atoms with van der Waals surface area (Å²) in [5.41, 5.74) is 0.484. The van der Waals surface area contributed by atoms with E-state index in [1.165, 1.54) is 44.9 Å². The first kappa shape index (κ1) is 13.3. The van der Waals surface area contributed by atoms with Crippen molar-refractivity contribution in [2.24, 2.45) is 5.92 Å². The Kier molecular flexibility index (Phi) is 6.20. The van der Waals surface area contributed by atoms with Crippen molar-refractivity contribution in [1.29, 1.82) is 0 Å². The van der Waals surface area contributed by atoms with Gasteiger partial charge in [-0.05, 0) is 25.7 Å². The van der Waals surface area contributed by atoms with E-state index in [1.807, 2.05) is 6.08 Å². The van der Waals surface area contributed by atoms with Crippen LogP contribution in [0.4, 0.5) is 0 Å². The number of unbranched alkanes of at least 4 members (excludes halogenated alkanes) is 2. The number of rotatable bonds is 6. The van der Waals surface area contributed by atoms with Crippen molar-refractivity contribution in [3.05, 3.63) is 11.6 Å². The molecular weight excluding hydrogens is 200 g/mol. The molecule has 1 N–H and O–H groups in total. The summed E-state index contributed by atoms with van der Waals surface area (Å²) in [5.74, 6) is 0.172. The Morgan fingerprint density at radius 3 is 2.56 bits per heavy atom. The summed E-state index contributed by atoms with van der Waals surface area (Å²) in [6.45, 7) is 1.67. The van der Waals surface area contributed by atoms with Gasteiger partial charge in [-0.25, -0.2) is 4.79 Å². The monoisotopic (exact) mass is 224 g/mol. The molecule has 0 aliphatic heterocycles. The summed E-state index contributed by atoms with van der Waals surface area (Å²) >= 11 is 0. The molecule has 0 bridgehead atoms. The topological polar surface area (TPSA) is 37.3 Å². The molecule has 1 aliphatic carbocycles. The SMILES string of the molecule is CC(=CCCCCC1CCCCC1)C(=O)O. The van der Waals surface area contributed by atoms with Crippen LogP contribution in [0.1, 0.15) is 64.7 Å². The molecule has 0 aromatic heterocycles. The molecule has 0 atom stereocenters. The molecule has 1 rings (SSSR count). The number of aliphatic carboxylic acids is 1. The maximum absolute atomic E-state index is 10.5. The Morgan fingerprint density at radius 1 is 1.25 bits per heavy atom. The molecule has 0 amide bonds. The molecule has 1 fully saturated rings. The Hall–Kier alpha value is -0.790. The van der Waals surface area contributed by atoms with Gasteiger partial charge in [0, 0.05) is 5.57 Å². The average molecular weight is 224 g/mol. The van der Waals surface area contributed by atoms with Gasteiger partial charge in [0.1, 0.15) is 0 Å². The van der Waals surface area contributed by atoms with E-state index < -0.39 is 5.97 Å². The zero-order valence-corrected chi connectivity index (χ0v) is 10.4. The first-order chi connectivity index (χ1) is 7.70. The minimum absolute atomic E-state index is 0.484. The second kappa shape index (κ2) is 7.48. The summed E-state index contributed by atoms with van der Waals surface area (Å²) in [4.78, 5) is 10.5. The molecule has 2 nitrogen and oxygen atoms in total. The number of carboxylic acids is 1. The average Bonchev–Trinajstić information content (AvgIpc) is 2.29. The van der Waals surface area contributed by atoms with Crippen molar-refractivity contribution in [1.82, 2.24) is 0 Å². The molecule has 0 heterocycles. The standard InChI is InChI=1S/C14H24O2/c1-12(14(15)16)8-4-2-5-9-13-10-6-3-7-11-13/h8,13H,2-7,9-11H2,1H3,(H,15,16). The highest BCUT2D eigenvalue weighted by Gasteiger charge is 2.12. The van der Waals surface area contributed by atoms with Gasteiger partial charge in [0.05, 0.1) is 0 Å². The van der Waals surface area contributed by atoms with E-state index in [-0.39, 0.29) is 0 Å². The maximum Gasteiger partial charge on any atom is 0.330 e. The van der Waals surface area contributed by atoms with Gasteiger partial charge in [-0.15, -0.1) is 0 Å². The maximum atomic E-state index is 10.5. The summed E-state index contributed by atoms with van der Waals surface area (Å²) < 4.78 is 0. The van der Waals surface area contributed by atoms with Gasteiger partial charge >= 0.3 is 5.97 Å². The Bertz CT molecular complexity index is 237. The van der Waals surface area contributed by atoms with Gasteiger partial charge in [-0.3, -0.25) is 0 Å². The second-order valence-electron chi connectivity index (χ2n) is 4.98. The highest BCUT2D eigenvalue weighted by Crippen LogP contribution is 2.27. The number of allylic oxidation sites excluding steroid dienone is 1. The van der Waals surface area contributed by atoms with Gasteiger partial charge in [-0.2, -0.15) is 0 Å². The number of carbonyl (C=O) groups is 1. The molecule has 0 saturated heterocycles. The summed E-state index contributed by atoms with van der Waals surface area (Å²) in [7, 11) is 0. The zero-order valence-electron chi connectivity index (χ0n) is 10.4. The predicted molar refractivity (Wildman–Crippen MR) is 66.4 cm³/mol. The normalized spacial score (nSPS) is 18.7. The third-order valence-corrected chi connectivity index (χ3v) is 3.58. The van der Waals surface area contributed by atoms with E-state index in [2.05, 4.69) is 0 Å².